The van der Waals surface area contributed by atoms with Gasteiger partial charge in [-0.25, -0.2) is 4.39 Å². The summed E-state index contributed by atoms with van der Waals surface area (Å²) in [6, 6.07) is 9.39. The number of ether oxygens (including phenoxy) is 4. The lowest BCUT2D eigenvalue weighted by molar-refractivity contribution is -0.153. The van der Waals surface area contributed by atoms with Crippen LogP contribution in [-0.2, 0) is 25.8 Å². The van der Waals surface area contributed by atoms with Crippen molar-refractivity contribution in [2.24, 2.45) is 0 Å². The zero-order chi connectivity index (χ0) is 27.9. The predicted octanol–water partition coefficient (Wildman–Crippen LogP) is 4.04. The number of carbonyl (C=O) groups excluding carboxylic acids is 2. The van der Waals surface area contributed by atoms with E-state index in [1.54, 1.807) is 45.0 Å². The Morgan fingerprint density at radius 2 is 1.71 bits per heavy atom. The molecule has 2 aromatic carbocycles. The van der Waals surface area contributed by atoms with Gasteiger partial charge < -0.3 is 23.5 Å². The van der Waals surface area contributed by atoms with E-state index in [-0.39, 0.29) is 36.3 Å². The minimum Gasteiger partial charge on any atom is -0.497 e. The number of rotatable bonds is 11. The molecule has 0 aliphatic carbocycles. The van der Waals surface area contributed by atoms with E-state index in [4.69, 9.17) is 18.9 Å². The maximum absolute atomic E-state index is 15.1. The number of hydrogen-bond donors (Lipinski definition) is 1. The number of methoxy groups -OCH3 is 1. The Morgan fingerprint density at radius 3 is 2.34 bits per heavy atom. The number of pyridine rings is 1. The summed E-state index contributed by atoms with van der Waals surface area (Å²) in [4.78, 5) is 37.7. The number of esters is 2. The smallest absolute Gasteiger partial charge is 0.321 e. The molecule has 38 heavy (non-hydrogen) atoms. The van der Waals surface area contributed by atoms with E-state index in [1.807, 2.05) is 6.92 Å². The van der Waals surface area contributed by atoms with Crippen LogP contribution in [0.15, 0.2) is 47.4 Å². The highest BCUT2D eigenvalue weighted by Gasteiger charge is 2.20. The van der Waals surface area contributed by atoms with Crippen LogP contribution in [0.4, 0.5) is 4.39 Å². The first-order chi connectivity index (χ1) is 18.0. The van der Waals surface area contributed by atoms with Crippen molar-refractivity contribution in [2.45, 2.75) is 46.4 Å². The van der Waals surface area contributed by atoms with Crippen LogP contribution in [0.1, 0.15) is 34.1 Å². The van der Waals surface area contributed by atoms with Gasteiger partial charge in [0.15, 0.2) is 12.2 Å². The van der Waals surface area contributed by atoms with E-state index in [9.17, 15) is 14.4 Å². The molecule has 0 unspecified atom stereocenters. The van der Waals surface area contributed by atoms with Crippen molar-refractivity contribution in [3.63, 3.8) is 0 Å². The summed E-state index contributed by atoms with van der Waals surface area (Å²) in [7, 11) is 1.53. The van der Waals surface area contributed by atoms with Crippen LogP contribution >= 0.6 is 0 Å². The third kappa shape index (κ3) is 7.32. The van der Waals surface area contributed by atoms with Crippen molar-refractivity contribution >= 4 is 22.8 Å². The minimum atomic E-state index is -0.719. The second-order valence-electron chi connectivity index (χ2n) is 9.52. The van der Waals surface area contributed by atoms with E-state index >= 15 is 4.39 Å². The lowest BCUT2D eigenvalue weighted by Gasteiger charge is -2.19. The van der Waals surface area contributed by atoms with Gasteiger partial charge in [0.2, 0.25) is 0 Å². The van der Waals surface area contributed by atoms with E-state index in [0.29, 0.717) is 30.1 Å². The molecule has 1 N–H and O–H groups in total. The molecule has 0 amide bonds. The molecule has 3 aromatic rings. The monoisotopic (exact) mass is 528 g/mol. The topological polar surface area (TPSA) is 105 Å². The molecule has 0 bridgehead atoms. The van der Waals surface area contributed by atoms with Gasteiger partial charge in [-0.1, -0.05) is 19.1 Å². The van der Waals surface area contributed by atoms with Crippen molar-refractivity contribution < 1.29 is 32.9 Å². The van der Waals surface area contributed by atoms with E-state index in [2.05, 4.69) is 5.32 Å². The van der Waals surface area contributed by atoms with Gasteiger partial charge in [-0.3, -0.25) is 19.7 Å². The fraction of sp³-hybridized carbons (Fsp3) is 0.393. The van der Waals surface area contributed by atoms with Crippen LogP contribution in [0.2, 0.25) is 0 Å². The molecule has 0 spiro atoms. The second-order valence-corrected chi connectivity index (χ2v) is 9.52. The maximum Gasteiger partial charge on any atom is 0.321 e. The molecule has 0 saturated heterocycles. The summed E-state index contributed by atoms with van der Waals surface area (Å²) in [6.07, 6.45) is 2.21. The number of nitrogens with one attached hydrogen (secondary N) is 1. The van der Waals surface area contributed by atoms with Crippen molar-refractivity contribution in [2.75, 3.05) is 26.8 Å². The zero-order valence-electron chi connectivity index (χ0n) is 22.3. The van der Waals surface area contributed by atoms with Crippen LogP contribution in [0.5, 0.6) is 11.5 Å². The first kappa shape index (κ1) is 28.6. The molecule has 0 aliphatic rings. The number of hydrogen-bond acceptors (Lipinski definition) is 8. The zero-order valence-corrected chi connectivity index (χ0v) is 22.3. The average Bonchev–Trinajstić information content (AvgIpc) is 2.86. The van der Waals surface area contributed by atoms with Crippen LogP contribution < -0.4 is 20.2 Å². The average molecular weight is 529 g/mol. The molecule has 204 valence electrons. The number of aromatic nitrogens is 1. The Labute approximate surface area is 220 Å². The highest BCUT2D eigenvalue weighted by Crippen LogP contribution is 2.30. The molecule has 3 rings (SSSR count). The molecular weight excluding hydrogens is 495 g/mol. The summed E-state index contributed by atoms with van der Waals surface area (Å²) >= 11 is 0. The number of carbonyl (C=O) groups is 2. The van der Waals surface area contributed by atoms with Crippen LogP contribution in [0, 0.1) is 5.82 Å². The number of nitrogens with zero attached hydrogens (tertiary/aromatic N) is 1. The molecule has 0 radical (unpaired) electrons. The third-order valence-electron chi connectivity index (χ3n) is 5.32. The van der Waals surface area contributed by atoms with E-state index < -0.39 is 28.8 Å². The fourth-order valence-electron chi connectivity index (χ4n) is 3.71. The molecule has 1 aromatic heterocycles. The summed E-state index contributed by atoms with van der Waals surface area (Å²) in [5.74, 6) is -0.985. The predicted molar refractivity (Wildman–Crippen MR) is 141 cm³/mol. The van der Waals surface area contributed by atoms with Gasteiger partial charge in [0.1, 0.15) is 28.4 Å². The maximum atomic E-state index is 15.1. The van der Waals surface area contributed by atoms with Gasteiger partial charge in [0.25, 0.3) is 0 Å². The van der Waals surface area contributed by atoms with Crippen LogP contribution in [0.25, 0.3) is 22.0 Å². The molecule has 0 atom stereocenters. The van der Waals surface area contributed by atoms with Crippen molar-refractivity contribution in [1.29, 1.82) is 0 Å². The fourth-order valence-corrected chi connectivity index (χ4v) is 3.71. The van der Waals surface area contributed by atoms with Crippen LogP contribution in [0.3, 0.4) is 0 Å². The van der Waals surface area contributed by atoms with Gasteiger partial charge in [-0.15, -0.1) is 0 Å². The Balaban J connectivity index is 1.91. The van der Waals surface area contributed by atoms with Crippen LogP contribution in [-0.4, -0.2) is 48.9 Å². The van der Waals surface area contributed by atoms with Crippen molar-refractivity contribution in [3.8, 4) is 22.6 Å². The Bertz CT molecular complexity index is 1340. The molecule has 9 nitrogen and oxygen atoms in total. The minimum absolute atomic E-state index is 0.171. The SMILES string of the molecule is CCCOc1ccc(F)c2c(=O)c(-c3ccc(OC)cc3)cn(COC(=O)CNCC(=O)OC(C)(C)C)c12. The van der Waals surface area contributed by atoms with Gasteiger partial charge in [0, 0.05) is 11.8 Å². The lowest BCUT2D eigenvalue weighted by atomic mass is 10.0. The molecular formula is C28H33FN2O7. The van der Waals surface area contributed by atoms with Gasteiger partial charge >= 0.3 is 11.9 Å². The Hall–Kier alpha value is -3.92. The molecule has 0 aliphatic heterocycles. The summed E-state index contributed by atoms with van der Waals surface area (Å²) in [6.45, 7) is 6.76. The van der Waals surface area contributed by atoms with Gasteiger partial charge in [-0.05, 0) is 57.0 Å². The first-order valence-corrected chi connectivity index (χ1v) is 12.2. The molecule has 0 saturated carbocycles. The highest BCUT2D eigenvalue weighted by molar-refractivity contribution is 5.89. The summed E-state index contributed by atoms with van der Waals surface area (Å²) < 4.78 is 38.1. The molecule has 1 heterocycles. The molecule has 0 fully saturated rings. The Kier molecular flexibility index (Phi) is 9.46. The van der Waals surface area contributed by atoms with E-state index in [1.165, 1.54) is 30.0 Å². The molecule has 10 heteroatoms. The van der Waals surface area contributed by atoms with Gasteiger partial charge in [-0.2, -0.15) is 0 Å². The number of fused-ring (bicyclic) bond motifs is 1. The first-order valence-electron chi connectivity index (χ1n) is 12.2. The highest BCUT2D eigenvalue weighted by atomic mass is 19.1. The number of benzene rings is 2. The standard InChI is InChI=1S/C28H33FN2O7/c1-6-13-36-22-12-11-21(29)25-26(22)31(16-20(27(25)34)18-7-9-19(35-5)10-8-18)17-37-23(32)14-30-15-24(33)38-28(2,3)4/h7-12,16,30H,6,13-15,17H2,1-5H3. The second kappa shape index (κ2) is 12.6. The van der Waals surface area contributed by atoms with Gasteiger partial charge in [0.05, 0.1) is 32.2 Å². The Morgan fingerprint density at radius 1 is 1.03 bits per heavy atom. The quantitative estimate of drug-likeness (QED) is 0.372. The lowest BCUT2D eigenvalue weighted by Crippen LogP contribution is -2.34. The normalized spacial score (nSPS) is 11.3. The number of halogens is 1. The summed E-state index contributed by atoms with van der Waals surface area (Å²) in [5, 5.41) is 2.51. The van der Waals surface area contributed by atoms with E-state index in [0.717, 1.165) is 0 Å². The van der Waals surface area contributed by atoms with Crippen molar-refractivity contribution in [1.82, 2.24) is 9.88 Å². The third-order valence-corrected chi connectivity index (χ3v) is 5.32. The largest absolute Gasteiger partial charge is 0.497 e. The summed E-state index contributed by atoms with van der Waals surface area (Å²) in [5.41, 5.74) is -0.234. The van der Waals surface area contributed by atoms with Crippen molar-refractivity contribution in [3.05, 3.63) is 58.6 Å².